The van der Waals surface area contributed by atoms with Gasteiger partial charge in [0.25, 0.3) is 0 Å². The van der Waals surface area contributed by atoms with E-state index in [1.54, 1.807) is 15.6 Å². The Bertz CT molecular complexity index is 684. The molecule has 8 heteroatoms. The Morgan fingerprint density at radius 3 is 2.91 bits per heavy atom. The predicted octanol–water partition coefficient (Wildman–Crippen LogP) is -0.259. The van der Waals surface area contributed by atoms with E-state index in [9.17, 15) is 5.11 Å². The van der Waals surface area contributed by atoms with Gasteiger partial charge in [-0.15, -0.1) is 0 Å². The van der Waals surface area contributed by atoms with E-state index >= 15 is 0 Å². The number of nitrogens with one attached hydrogen (secondary N) is 1. The molecule has 0 unspecified atom stereocenters. The Balaban J connectivity index is 1.52. The average Bonchev–Trinajstić information content (AvgIpc) is 3.22. The quantitative estimate of drug-likeness (QED) is 0.807. The van der Waals surface area contributed by atoms with Crippen LogP contribution in [0.4, 0.5) is 0 Å². The summed E-state index contributed by atoms with van der Waals surface area (Å²) in [6.45, 7) is 3.06. The third kappa shape index (κ3) is 2.67. The summed E-state index contributed by atoms with van der Waals surface area (Å²) in [6, 6.07) is -0.572. The van der Waals surface area contributed by atoms with Gasteiger partial charge in [0.2, 0.25) is 0 Å². The van der Waals surface area contributed by atoms with E-state index in [-0.39, 0.29) is 18.2 Å². The van der Waals surface area contributed by atoms with Crippen molar-refractivity contribution in [3.8, 4) is 0 Å². The van der Waals surface area contributed by atoms with E-state index in [4.69, 9.17) is 9.47 Å². The molecule has 2 aromatic heterocycles. The van der Waals surface area contributed by atoms with Crippen LogP contribution in [0, 0.1) is 6.92 Å². The maximum absolute atomic E-state index is 10.9. The van der Waals surface area contributed by atoms with Gasteiger partial charge in [-0.25, -0.2) is 0 Å². The zero-order chi connectivity index (χ0) is 16.0. The van der Waals surface area contributed by atoms with Crippen LogP contribution in [0.1, 0.15) is 17.2 Å². The number of aryl methyl sites for hydroxylation is 2. The fourth-order valence-electron chi connectivity index (χ4n) is 3.33. The summed E-state index contributed by atoms with van der Waals surface area (Å²) in [5.74, 6) is 0. The highest BCUT2D eigenvalue weighted by atomic mass is 16.7. The molecule has 2 N–H and O–H groups in total. The molecule has 23 heavy (non-hydrogen) atoms. The van der Waals surface area contributed by atoms with Gasteiger partial charge >= 0.3 is 0 Å². The first-order valence-electron chi connectivity index (χ1n) is 7.78. The van der Waals surface area contributed by atoms with Gasteiger partial charge in [-0.05, 0) is 12.5 Å². The SMILES string of the molecule is Cc1cnn([C@H]2[C@@H]3OC[C@@H](O3)[C@@H](NCc3cnn(C)c3)[C@@H]2O)c1. The van der Waals surface area contributed by atoms with Crippen molar-refractivity contribution in [2.24, 2.45) is 7.05 Å². The second-order valence-corrected chi connectivity index (χ2v) is 6.28. The summed E-state index contributed by atoms with van der Waals surface area (Å²) < 4.78 is 15.1. The van der Waals surface area contributed by atoms with Crippen molar-refractivity contribution < 1.29 is 14.6 Å². The van der Waals surface area contributed by atoms with Crippen LogP contribution in [0.5, 0.6) is 0 Å². The van der Waals surface area contributed by atoms with Crippen molar-refractivity contribution in [2.45, 2.75) is 44.1 Å². The molecule has 2 aromatic rings. The molecule has 0 saturated carbocycles. The standard InChI is InChI=1S/C15H21N5O3/c1-9-3-18-20(6-9)13-14(21)12(11-8-22-15(13)23-11)16-4-10-5-17-19(2)7-10/h3,5-7,11-16,21H,4,8H2,1-2H3/t11-,12-,13-,14+,15-/m1/s1. The summed E-state index contributed by atoms with van der Waals surface area (Å²) in [5.41, 5.74) is 2.10. The van der Waals surface area contributed by atoms with Gasteiger partial charge in [0.05, 0.1) is 31.1 Å². The van der Waals surface area contributed by atoms with Gasteiger partial charge in [-0.2, -0.15) is 10.2 Å². The topological polar surface area (TPSA) is 86.4 Å². The smallest absolute Gasteiger partial charge is 0.183 e. The number of hydrogen-bond donors (Lipinski definition) is 2. The summed E-state index contributed by atoms with van der Waals surface area (Å²) in [7, 11) is 1.88. The summed E-state index contributed by atoms with van der Waals surface area (Å²) >= 11 is 0. The van der Waals surface area contributed by atoms with Gasteiger partial charge in [0, 0.05) is 31.5 Å². The molecule has 0 spiro atoms. The highest BCUT2D eigenvalue weighted by Gasteiger charge is 2.51. The van der Waals surface area contributed by atoms with Crippen molar-refractivity contribution in [3.05, 3.63) is 35.9 Å². The second-order valence-electron chi connectivity index (χ2n) is 6.28. The van der Waals surface area contributed by atoms with E-state index in [0.29, 0.717) is 13.2 Å². The molecule has 5 atom stereocenters. The van der Waals surface area contributed by atoms with Crippen molar-refractivity contribution in [1.29, 1.82) is 0 Å². The van der Waals surface area contributed by atoms with Gasteiger partial charge in [-0.1, -0.05) is 0 Å². The van der Waals surface area contributed by atoms with Crippen LogP contribution in [0.15, 0.2) is 24.8 Å². The molecule has 124 valence electrons. The lowest BCUT2D eigenvalue weighted by Gasteiger charge is -2.38. The normalized spacial score (nSPS) is 33.3. The molecule has 4 heterocycles. The molecule has 0 aromatic carbocycles. The Kier molecular flexibility index (Phi) is 3.68. The Labute approximate surface area is 134 Å². The lowest BCUT2D eigenvalue weighted by Crippen LogP contribution is -2.57. The summed E-state index contributed by atoms with van der Waals surface area (Å²) in [5, 5.41) is 22.7. The molecule has 2 aliphatic rings. The lowest BCUT2D eigenvalue weighted by molar-refractivity contribution is -0.168. The molecular formula is C15H21N5O3. The minimum Gasteiger partial charge on any atom is -0.389 e. The molecule has 2 fully saturated rings. The van der Waals surface area contributed by atoms with Crippen molar-refractivity contribution >= 4 is 0 Å². The van der Waals surface area contributed by atoms with Gasteiger partial charge < -0.3 is 19.9 Å². The molecule has 8 nitrogen and oxygen atoms in total. The summed E-state index contributed by atoms with van der Waals surface area (Å²) in [4.78, 5) is 0. The predicted molar refractivity (Wildman–Crippen MR) is 80.5 cm³/mol. The first kappa shape index (κ1) is 14.8. The van der Waals surface area contributed by atoms with E-state index in [1.807, 2.05) is 32.6 Å². The number of nitrogens with zero attached hydrogens (tertiary/aromatic N) is 4. The maximum atomic E-state index is 10.9. The van der Waals surface area contributed by atoms with Crippen molar-refractivity contribution in [2.75, 3.05) is 6.61 Å². The van der Waals surface area contributed by atoms with Crippen LogP contribution in [0.25, 0.3) is 0 Å². The lowest BCUT2D eigenvalue weighted by atomic mass is 9.96. The van der Waals surface area contributed by atoms with E-state index in [2.05, 4.69) is 15.5 Å². The Hall–Kier alpha value is -1.74. The zero-order valence-electron chi connectivity index (χ0n) is 13.2. The van der Waals surface area contributed by atoms with Crippen molar-refractivity contribution in [3.63, 3.8) is 0 Å². The number of rotatable bonds is 4. The Morgan fingerprint density at radius 1 is 1.35 bits per heavy atom. The van der Waals surface area contributed by atoms with Crippen molar-refractivity contribution in [1.82, 2.24) is 24.9 Å². The van der Waals surface area contributed by atoms with Crippen LogP contribution in [0.3, 0.4) is 0 Å². The number of hydrogen-bond acceptors (Lipinski definition) is 6. The molecule has 4 rings (SSSR count). The van der Waals surface area contributed by atoms with Crippen LogP contribution in [-0.4, -0.2) is 55.8 Å². The number of aromatic nitrogens is 4. The van der Waals surface area contributed by atoms with Crippen LogP contribution in [0.2, 0.25) is 0 Å². The van der Waals surface area contributed by atoms with Gasteiger partial charge in [-0.3, -0.25) is 9.36 Å². The molecule has 2 aliphatic heterocycles. The number of aliphatic hydroxyl groups excluding tert-OH is 1. The van der Waals surface area contributed by atoms with E-state index in [0.717, 1.165) is 11.1 Å². The second kappa shape index (κ2) is 5.72. The highest BCUT2D eigenvalue weighted by molar-refractivity contribution is 5.07. The van der Waals surface area contributed by atoms with Crippen LogP contribution < -0.4 is 5.32 Å². The van der Waals surface area contributed by atoms with E-state index in [1.165, 1.54) is 0 Å². The average molecular weight is 319 g/mol. The van der Waals surface area contributed by atoms with Gasteiger partial charge in [0.1, 0.15) is 12.1 Å². The highest BCUT2D eigenvalue weighted by Crippen LogP contribution is 2.35. The fraction of sp³-hybridized carbons (Fsp3) is 0.600. The molecule has 0 aliphatic carbocycles. The molecular weight excluding hydrogens is 298 g/mol. The maximum Gasteiger partial charge on any atom is 0.183 e. The fourth-order valence-corrected chi connectivity index (χ4v) is 3.33. The third-order valence-corrected chi connectivity index (χ3v) is 4.47. The summed E-state index contributed by atoms with van der Waals surface area (Å²) in [6.07, 6.45) is 6.18. The minimum atomic E-state index is -0.641. The molecule has 2 bridgehead atoms. The first-order valence-corrected chi connectivity index (χ1v) is 7.78. The molecule has 0 amide bonds. The first-order chi connectivity index (χ1) is 11.1. The number of aliphatic hydroxyl groups is 1. The Morgan fingerprint density at radius 2 is 2.22 bits per heavy atom. The number of ether oxygens (including phenoxy) is 2. The van der Waals surface area contributed by atoms with Gasteiger partial charge in [0.15, 0.2) is 6.29 Å². The monoisotopic (exact) mass is 319 g/mol. The minimum absolute atomic E-state index is 0.153. The zero-order valence-corrected chi connectivity index (χ0v) is 13.2. The van der Waals surface area contributed by atoms with E-state index < -0.39 is 12.4 Å². The van der Waals surface area contributed by atoms with Crippen LogP contribution in [-0.2, 0) is 23.1 Å². The molecule has 0 radical (unpaired) electrons. The molecule has 2 saturated heterocycles. The largest absolute Gasteiger partial charge is 0.389 e. The van der Waals surface area contributed by atoms with Crippen LogP contribution >= 0.6 is 0 Å². The number of fused-ring (bicyclic) bond motifs is 2. The third-order valence-electron chi connectivity index (χ3n) is 4.47.